The van der Waals surface area contributed by atoms with Crippen molar-refractivity contribution in [2.75, 3.05) is 25.6 Å². The molecule has 34 heavy (non-hydrogen) atoms. The fourth-order valence-electron chi connectivity index (χ4n) is 3.17. The molecule has 0 aliphatic rings. The average molecular weight is 507 g/mol. The van der Waals surface area contributed by atoms with Crippen molar-refractivity contribution in [3.05, 3.63) is 57.8 Å². The molecule has 2 amide bonds. The van der Waals surface area contributed by atoms with Crippen molar-refractivity contribution in [1.29, 1.82) is 0 Å². The molecule has 0 aliphatic heterocycles. The zero-order valence-corrected chi connectivity index (χ0v) is 20.3. The summed E-state index contributed by atoms with van der Waals surface area (Å²) in [5.41, 5.74) is 1.32. The number of carbonyl (C=O) groups is 2. The molecule has 0 bridgehead atoms. The van der Waals surface area contributed by atoms with Crippen LogP contribution in [0.15, 0.2) is 36.4 Å². The summed E-state index contributed by atoms with van der Waals surface area (Å²) in [6.07, 6.45) is 0.866. The number of halogens is 2. The third-order valence-corrected chi connectivity index (χ3v) is 5.77. The molecule has 0 atom stereocenters. The maximum atomic E-state index is 15.4. The van der Waals surface area contributed by atoms with E-state index in [1.165, 1.54) is 7.11 Å². The maximum absolute atomic E-state index is 15.4. The van der Waals surface area contributed by atoms with E-state index in [1.807, 2.05) is 0 Å². The van der Waals surface area contributed by atoms with Crippen molar-refractivity contribution in [2.24, 2.45) is 0 Å². The van der Waals surface area contributed by atoms with E-state index in [1.54, 1.807) is 43.3 Å². The molecule has 3 rings (SSSR count). The summed E-state index contributed by atoms with van der Waals surface area (Å²) < 4.78 is 25.6. The highest BCUT2D eigenvalue weighted by Gasteiger charge is 2.18. The fraction of sp³-hybridized carbons (Fsp3) is 0.304. The molecular formula is C23H24ClFN4O4S. The quantitative estimate of drug-likeness (QED) is 0.294. The number of esters is 1. The van der Waals surface area contributed by atoms with Gasteiger partial charge in [-0.15, -0.1) is 10.2 Å². The molecule has 0 aliphatic carbocycles. The van der Waals surface area contributed by atoms with Gasteiger partial charge in [-0.1, -0.05) is 41.1 Å². The van der Waals surface area contributed by atoms with Crippen LogP contribution < -0.4 is 15.4 Å². The Morgan fingerprint density at radius 2 is 2.03 bits per heavy atom. The first kappa shape index (κ1) is 25.4. The number of ether oxygens (including phenoxy) is 2. The highest BCUT2D eigenvalue weighted by Crippen LogP contribution is 2.36. The van der Waals surface area contributed by atoms with Gasteiger partial charge < -0.3 is 14.8 Å². The molecule has 2 aromatic carbocycles. The Morgan fingerprint density at radius 1 is 1.21 bits per heavy atom. The third kappa shape index (κ3) is 6.88. The summed E-state index contributed by atoms with van der Waals surface area (Å²) in [5, 5.41) is 14.5. The predicted molar refractivity (Wildman–Crippen MR) is 129 cm³/mol. The van der Waals surface area contributed by atoms with Crippen LogP contribution in [0.4, 0.5) is 14.3 Å². The topological polar surface area (TPSA) is 102 Å². The minimum Gasteiger partial charge on any atom is -0.496 e. The number of hydrogen-bond donors (Lipinski definition) is 2. The van der Waals surface area contributed by atoms with Gasteiger partial charge in [0, 0.05) is 24.4 Å². The van der Waals surface area contributed by atoms with Gasteiger partial charge in [-0.2, -0.15) is 0 Å². The summed E-state index contributed by atoms with van der Waals surface area (Å²) in [6, 6.07) is 9.75. The van der Waals surface area contributed by atoms with Crippen molar-refractivity contribution >= 4 is 40.1 Å². The van der Waals surface area contributed by atoms with Crippen LogP contribution in [0.1, 0.15) is 30.3 Å². The second-order valence-corrected chi connectivity index (χ2v) is 8.59. The second kappa shape index (κ2) is 12.3. The molecule has 0 saturated heterocycles. The van der Waals surface area contributed by atoms with Crippen LogP contribution in [0.25, 0.3) is 11.1 Å². The number of nitrogens with one attached hydrogen (secondary N) is 2. The van der Waals surface area contributed by atoms with E-state index in [2.05, 4.69) is 20.8 Å². The molecule has 0 spiro atoms. The standard InChI is InChI=1S/C23H24ClFN4O4S/c1-3-33-19(30)8-5-11-26-22(31)27-23-29-28-18(34-23)13-15-9-10-17(32-2)20(21(15)25)14-6-4-7-16(24)12-14/h4,6-7,9-10,12H,3,5,8,11,13H2,1-2H3,(H2,26,27,29,31). The Morgan fingerprint density at radius 3 is 2.76 bits per heavy atom. The van der Waals surface area contributed by atoms with Gasteiger partial charge in [-0.25, -0.2) is 9.18 Å². The number of anilines is 1. The minimum absolute atomic E-state index is 0.184. The zero-order chi connectivity index (χ0) is 24.5. The van der Waals surface area contributed by atoms with E-state index in [4.69, 9.17) is 21.1 Å². The molecule has 11 heteroatoms. The van der Waals surface area contributed by atoms with Gasteiger partial charge in [0.15, 0.2) is 0 Å². The van der Waals surface area contributed by atoms with Gasteiger partial charge in [-0.3, -0.25) is 10.1 Å². The lowest BCUT2D eigenvalue weighted by atomic mass is 9.99. The van der Waals surface area contributed by atoms with Gasteiger partial charge in [0.25, 0.3) is 0 Å². The summed E-state index contributed by atoms with van der Waals surface area (Å²) in [6.45, 7) is 2.37. The second-order valence-electron chi connectivity index (χ2n) is 7.09. The molecule has 3 aromatic rings. The van der Waals surface area contributed by atoms with E-state index in [-0.39, 0.29) is 23.9 Å². The minimum atomic E-state index is -0.467. The molecule has 0 fully saturated rings. The molecule has 8 nitrogen and oxygen atoms in total. The number of hydrogen-bond acceptors (Lipinski definition) is 7. The van der Waals surface area contributed by atoms with E-state index in [9.17, 15) is 9.59 Å². The van der Waals surface area contributed by atoms with Crippen molar-refractivity contribution < 1.29 is 23.5 Å². The van der Waals surface area contributed by atoms with Gasteiger partial charge >= 0.3 is 12.0 Å². The van der Waals surface area contributed by atoms with Gasteiger partial charge in [0.1, 0.15) is 16.6 Å². The summed E-state index contributed by atoms with van der Waals surface area (Å²) >= 11 is 7.23. The molecule has 0 unspecified atom stereocenters. The largest absolute Gasteiger partial charge is 0.496 e. The Labute approximate surface area is 205 Å². The van der Waals surface area contributed by atoms with Crippen LogP contribution in [-0.4, -0.2) is 42.5 Å². The fourth-order valence-corrected chi connectivity index (χ4v) is 4.12. The number of carbonyl (C=O) groups excluding carboxylic acids is 2. The van der Waals surface area contributed by atoms with Gasteiger partial charge in [0.2, 0.25) is 5.13 Å². The Balaban J connectivity index is 1.63. The normalized spacial score (nSPS) is 10.6. The Bertz CT molecular complexity index is 1160. The van der Waals surface area contributed by atoms with Crippen LogP contribution in [0.5, 0.6) is 5.75 Å². The van der Waals surface area contributed by atoms with Crippen molar-refractivity contribution in [2.45, 2.75) is 26.2 Å². The molecule has 1 aromatic heterocycles. The van der Waals surface area contributed by atoms with Gasteiger partial charge in [0.05, 0.1) is 19.3 Å². The first-order chi connectivity index (χ1) is 16.4. The molecule has 2 N–H and O–H groups in total. The van der Waals surface area contributed by atoms with Crippen molar-refractivity contribution in [1.82, 2.24) is 15.5 Å². The van der Waals surface area contributed by atoms with E-state index >= 15 is 4.39 Å². The molecule has 180 valence electrons. The lowest BCUT2D eigenvalue weighted by Gasteiger charge is -2.13. The van der Waals surface area contributed by atoms with Crippen LogP contribution >= 0.6 is 22.9 Å². The lowest BCUT2D eigenvalue weighted by Crippen LogP contribution is -2.29. The molecular weight excluding hydrogens is 483 g/mol. The Hall–Kier alpha value is -3.24. The number of nitrogens with zero attached hydrogens (tertiary/aromatic N) is 2. The number of urea groups is 1. The maximum Gasteiger partial charge on any atom is 0.321 e. The van der Waals surface area contributed by atoms with Crippen LogP contribution in [0, 0.1) is 5.82 Å². The van der Waals surface area contributed by atoms with E-state index < -0.39 is 11.8 Å². The zero-order valence-electron chi connectivity index (χ0n) is 18.7. The lowest BCUT2D eigenvalue weighted by molar-refractivity contribution is -0.143. The monoisotopic (exact) mass is 506 g/mol. The van der Waals surface area contributed by atoms with Crippen molar-refractivity contribution in [3.63, 3.8) is 0 Å². The summed E-state index contributed by atoms with van der Waals surface area (Å²) in [7, 11) is 1.48. The third-order valence-electron chi connectivity index (χ3n) is 4.69. The SMILES string of the molecule is CCOC(=O)CCCNC(=O)Nc1nnc(Cc2ccc(OC)c(-c3cccc(Cl)c3)c2F)s1. The predicted octanol–water partition coefficient (Wildman–Crippen LogP) is 5.06. The molecule has 1 heterocycles. The Kier molecular flexibility index (Phi) is 9.17. The summed E-state index contributed by atoms with van der Waals surface area (Å²) in [4.78, 5) is 23.3. The van der Waals surface area contributed by atoms with Crippen molar-refractivity contribution in [3.8, 4) is 16.9 Å². The number of benzene rings is 2. The van der Waals surface area contributed by atoms with E-state index in [0.717, 1.165) is 11.3 Å². The van der Waals surface area contributed by atoms with Crippen LogP contribution in [-0.2, 0) is 16.0 Å². The highest BCUT2D eigenvalue weighted by atomic mass is 35.5. The number of rotatable bonds is 10. The van der Waals surface area contributed by atoms with Crippen LogP contribution in [0.2, 0.25) is 5.02 Å². The summed E-state index contributed by atoms with van der Waals surface area (Å²) in [5.74, 6) is -0.351. The smallest absolute Gasteiger partial charge is 0.321 e. The number of amides is 2. The number of aromatic nitrogens is 2. The first-order valence-corrected chi connectivity index (χ1v) is 11.7. The number of methoxy groups -OCH3 is 1. The average Bonchev–Trinajstić information content (AvgIpc) is 3.24. The molecule has 0 saturated carbocycles. The molecule has 0 radical (unpaired) electrons. The first-order valence-electron chi connectivity index (χ1n) is 10.6. The van der Waals surface area contributed by atoms with E-state index in [0.29, 0.717) is 52.0 Å². The van der Waals surface area contributed by atoms with Gasteiger partial charge in [-0.05, 0) is 42.7 Å². The highest BCUT2D eigenvalue weighted by molar-refractivity contribution is 7.15. The van der Waals surface area contributed by atoms with Crippen LogP contribution in [0.3, 0.4) is 0 Å².